The van der Waals surface area contributed by atoms with Crippen LogP contribution in [0.3, 0.4) is 0 Å². The Labute approximate surface area is 114 Å². The molecule has 4 nitrogen and oxygen atoms in total. The van der Waals surface area contributed by atoms with Crippen molar-refractivity contribution in [3.8, 4) is 5.75 Å². The number of benzene rings is 1. The van der Waals surface area contributed by atoms with Gasteiger partial charge in [0.25, 0.3) is 0 Å². The summed E-state index contributed by atoms with van der Waals surface area (Å²) in [7, 11) is 0. The Morgan fingerprint density at radius 3 is 2.79 bits per heavy atom. The van der Waals surface area contributed by atoms with Crippen molar-refractivity contribution in [1.29, 1.82) is 0 Å². The van der Waals surface area contributed by atoms with Crippen molar-refractivity contribution in [1.82, 2.24) is 4.90 Å². The van der Waals surface area contributed by atoms with E-state index in [-0.39, 0.29) is 5.91 Å². The number of para-hydroxylation sites is 2. The average Bonchev–Trinajstić information content (AvgIpc) is 2.92. The Balaban J connectivity index is 1.83. The Morgan fingerprint density at radius 2 is 2.05 bits per heavy atom. The smallest absolute Gasteiger partial charge is 0.225 e. The number of carbonyl (C=O) groups excluding carboxylic acids is 1. The van der Waals surface area contributed by atoms with Gasteiger partial charge in [-0.1, -0.05) is 12.1 Å². The molecular formula is C15H22N2O2. The summed E-state index contributed by atoms with van der Waals surface area (Å²) in [6.45, 7) is 5.64. The second kappa shape index (κ2) is 7.14. The van der Waals surface area contributed by atoms with Gasteiger partial charge < -0.3 is 15.0 Å². The Morgan fingerprint density at radius 1 is 1.32 bits per heavy atom. The number of nitrogens with zero attached hydrogens (tertiary/aromatic N) is 1. The fourth-order valence-corrected chi connectivity index (χ4v) is 2.33. The quantitative estimate of drug-likeness (QED) is 0.856. The van der Waals surface area contributed by atoms with E-state index in [2.05, 4.69) is 10.2 Å². The van der Waals surface area contributed by atoms with Crippen LogP contribution in [0.25, 0.3) is 0 Å². The van der Waals surface area contributed by atoms with Gasteiger partial charge in [-0.25, -0.2) is 0 Å². The summed E-state index contributed by atoms with van der Waals surface area (Å²) >= 11 is 0. The van der Waals surface area contributed by atoms with Gasteiger partial charge in [-0.3, -0.25) is 4.79 Å². The molecule has 1 aliphatic heterocycles. The van der Waals surface area contributed by atoms with Gasteiger partial charge >= 0.3 is 0 Å². The number of hydrogen-bond acceptors (Lipinski definition) is 3. The van der Waals surface area contributed by atoms with Crippen molar-refractivity contribution in [2.75, 3.05) is 31.6 Å². The maximum Gasteiger partial charge on any atom is 0.225 e. The number of anilines is 1. The molecule has 1 heterocycles. The second-order valence-corrected chi connectivity index (χ2v) is 4.78. The molecule has 0 aromatic heterocycles. The van der Waals surface area contributed by atoms with E-state index >= 15 is 0 Å². The van der Waals surface area contributed by atoms with Crippen LogP contribution in [0.5, 0.6) is 5.75 Å². The molecule has 1 N–H and O–H groups in total. The fourth-order valence-electron chi connectivity index (χ4n) is 2.33. The largest absolute Gasteiger partial charge is 0.492 e. The van der Waals surface area contributed by atoms with E-state index < -0.39 is 0 Å². The minimum Gasteiger partial charge on any atom is -0.492 e. The van der Waals surface area contributed by atoms with Crippen LogP contribution < -0.4 is 10.1 Å². The molecule has 4 heteroatoms. The lowest BCUT2D eigenvalue weighted by molar-refractivity contribution is -0.116. The molecule has 1 aliphatic rings. The molecule has 0 spiro atoms. The van der Waals surface area contributed by atoms with E-state index in [1.807, 2.05) is 31.2 Å². The average molecular weight is 262 g/mol. The molecule has 0 saturated carbocycles. The van der Waals surface area contributed by atoms with E-state index in [1.165, 1.54) is 12.8 Å². The van der Waals surface area contributed by atoms with Gasteiger partial charge in [-0.05, 0) is 45.0 Å². The van der Waals surface area contributed by atoms with Gasteiger partial charge in [0.1, 0.15) is 5.75 Å². The first-order valence-electron chi connectivity index (χ1n) is 7.03. The van der Waals surface area contributed by atoms with Crippen LogP contribution in [-0.2, 0) is 4.79 Å². The summed E-state index contributed by atoms with van der Waals surface area (Å²) in [5.74, 6) is 0.790. The van der Waals surface area contributed by atoms with Crippen LogP contribution in [0.1, 0.15) is 26.2 Å². The summed E-state index contributed by atoms with van der Waals surface area (Å²) in [6.07, 6.45) is 3.06. The van der Waals surface area contributed by atoms with Crippen molar-refractivity contribution in [2.45, 2.75) is 26.2 Å². The van der Waals surface area contributed by atoms with Gasteiger partial charge in [0.05, 0.1) is 12.3 Å². The normalized spacial score (nSPS) is 15.4. The highest BCUT2D eigenvalue weighted by Crippen LogP contribution is 2.23. The Kier molecular flexibility index (Phi) is 5.21. The standard InChI is InChI=1S/C15H22N2O2/c1-2-19-14-8-4-3-7-13(14)16-15(18)9-12-17-10-5-6-11-17/h3-4,7-8H,2,5-6,9-12H2,1H3,(H,16,18). The van der Waals surface area contributed by atoms with Crippen molar-refractivity contribution in [2.24, 2.45) is 0 Å². The molecule has 0 atom stereocenters. The Hall–Kier alpha value is -1.55. The fraction of sp³-hybridized carbons (Fsp3) is 0.533. The zero-order chi connectivity index (χ0) is 13.5. The highest BCUT2D eigenvalue weighted by atomic mass is 16.5. The van der Waals surface area contributed by atoms with Crippen LogP contribution in [0.4, 0.5) is 5.69 Å². The van der Waals surface area contributed by atoms with Crippen LogP contribution in [0.2, 0.25) is 0 Å². The molecule has 104 valence electrons. The first kappa shape index (κ1) is 13.9. The number of likely N-dealkylation sites (tertiary alicyclic amines) is 1. The van der Waals surface area contributed by atoms with Gasteiger partial charge in [0, 0.05) is 13.0 Å². The van der Waals surface area contributed by atoms with Crippen molar-refractivity contribution in [3.63, 3.8) is 0 Å². The molecule has 0 radical (unpaired) electrons. The second-order valence-electron chi connectivity index (χ2n) is 4.78. The summed E-state index contributed by atoms with van der Waals surface area (Å²) in [5.41, 5.74) is 0.760. The molecule has 2 rings (SSSR count). The molecule has 1 fully saturated rings. The molecule has 1 aromatic rings. The van der Waals surface area contributed by atoms with E-state index in [0.717, 1.165) is 31.1 Å². The topological polar surface area (TPSA) is 41.6 Å². The molecule has 1 amide bonds. The SMILES string of the molecule is CCOc1ccccc1NC(=O)CCN1CCCC1. The predicted octanol–water partition coefficient (Wildman–Crippen LogP) is 2.51. The first-order valence-corrected chi connectivity index (χ1v) is 7.03. The monoisotopic (exact) mass is 262 g/mol. The number of amides is 1. The maximum atomic E-state index is 11.9. The van der Waals surface area contributed by atoms with Gasteiger partial charge in [-0.2, -0.15) is 0 Å². The zero-order valence-corrected chi connectivity index (χ0v) is 11.5. The third kappa shape index (κ3) is 4.24. The van der Waals surface area contributed by atoms with Crippen LogP contribution >= 0.6 is 0 Å². The molecule has 1 aromatic carbocycles. The lowest BCUT2D eigenvalue weighted by Crippen LogP contribution is -2.25. The zero-order valence-electron chi connectivity index (χ0n) is 11.5. The molecule has 0 bridgehead atoms. The van der Waals surface area contributed by atoms with Crippen LogP contribution in [0, 0.1) is 0 Å². The minimum absolute atomic E-state index is 0.0547. The minimum atomic E-state index is 0.0547. The molecule has 0 aliphatic carbocycles. The van der Waals surface area contributed by atoms with E-state index in [1.54, 1.807) is 0 Å². The van der Waals surface area contributed by atoms with Crippen molar-refractivity contribution in [3.05, 3.63) is 24.3 Å². The van der Waals surface area contributed by atoms with E-state index in [9.17, 15) is 4.79 Å². The van der Waals surface area contributed by atoms with Crippen LogP contribution in [-0.4, -0.2) is 37.0 Å². The van der Waals surface area contributed by atoms with Crippen LogP contribution in [0.15, 0.2) is 24.3 Å². The third-order valence-corrected chi connectivity index (χ3v) is 3.31. The highest BCUT2D eigenvalue weighted by molar-refractivity contribution is 5.92. The molecule has 19 heavy (non-hydrogen) atoms. The summed E-state index contributed by atoms with van der Waals surface area (Å²) in [6, 6.07) is 7.56. The van der Waals surface area contributed by atoms with Gasteiger partial charge in [0.15, 0.2) is 0 Å². The lowest BCUT2D eigenvalue weighted by atomic mass is 10.2. The number of nitrogens with one attached hydrogen (secondary N) is 1. The van der Waals surface area contributed by atoms with E-state index in [4.69, 9.17) is 4.74 Å². The first-order chi connectivity index (χ1) is 9.29. The summed E-state index contributed by atoms with van der Waals surface area (Å²) in [5, 5.41) is 2.93. The van der Waals surface area contributed by atoms with Gasteiger partial charge in [0.2, 0.25) is 5.91 Å². The number of hydrogen-bond donors (Lipinski definition) is 1. The maximum absolute atomic E-state index is 11.9. The number of carbonyl (C=O) groups is 1. The highest BCUT2D eigenvalue weighted by Gasteiger charge is 2.13. The van der Waals surface area contributed by atoms with Crippen molar-refractivity contribution >= 4 is 11.6 Å². The molecule has 1 saturated heterocycles. The predicted molar refractivity (Wildman–Crippen MR) is 76.5 cm³/mol. The number of rotatable bonds is 6. The summed E-state index contributed by atoms with van der Waals surface area (Å²) in [4.78, 5) is 14.3. The molecule has 0 unspecified atom stereocenters. The van der Waals surface area contributed by atoms with E-state index in [0.29, 0.717) is 13.0 Å². The third-order valence-electron chi connectivity index (χ3n) is 3.31. The van der Waals surface area contributed by atoms with Crippen molar-refractivity contribution < 1.29 is 9.53 Å². The summed E-state index contributed by atoms with van der Waals surface area (Å²) < 4.78 is 5.49. The Bertz CT molecular complexity index is 414. The number of ether oxygens (including phenoxy) is 1. The lowest BCUT2D eigenvalue weighted by Gasteiger charge is -2.15. The molecular weight excluding hydrogens is 240 g/mol. The van der Waals surface area contributed by atoms with Gasteiger partial charge in [-0.15, -0.1) is 0 Å².